The van der Waals surface area contributed by atoms with Crippen LogP contribution in [0.15, 0.2) is 33.9 Å². The van der Waals surface area contributed by atoms with Gasteiger partial charge >= 0.3 is 5.97 Å². The first-order valence-corrected chi connectivity index (χ1v) is 9.30. The molecule has 0 unspecified atom stereocenters. The third kappa shape index (κ3) is 3.56. The van der Waals surface area contributed by atoms with Crippen molar-refractivity contribution < 1.29 is 17.9 Å². The fourth-order valence-corrected chi connectivity index (χ4v) is 5.19. The van der Waals surface area contributed by atoms with Crippen LogP contribution < -0.4 is 4.31 Å². The van der Waals surface area contributed by atoms with Crippen molar-refractivity contribution in [1.29, 1.82) is 0 Å². The summed E-state index contributed by atoms with van der Waals surface area (Å²) < 4.78 is 31.9. The zero-order valence-corrected chi connectivity index (χ0v) is 15.1. The van der Waals surface area contributed by atoms with Gasteiger partial charge in [-0.15, -0.1) is 11.3 Å². The van der Waals surface area contributed by atoms with Crippen LogP contribution in [0, 0.1) is 20.8 Å². The molecule has 0 atom stereocenters. The Morgan fingerprint density at radius 1 is 1.22 bits per heavy atom. The third-order valence-electron chi connectivity index (χ3n) is 3.42. The molecule has 0 fully saturated rings. The summed E-state index contributed by atoms with van der Waals surface area (Å²) in [6, 6.07) is 7.00. The lowest BCUT2D eigenvalue weighted by atomic mass is 10.1. The summed E-state index contributed by atoms with van der Waals surface area (Å²) in [6.45, 7) is 5.26. The predicted molar refractivity (Wildman–Crippen MR) is 91.5 cm³/mol. The normalized spacial score (nSPS) is 11.3. The van der Waals surface area contributed by atoms with Crippen LogP contribution in [0.1, 0.15) is 16.7 Å². The highest BCUT2D eigenvalue weighted by Crippen LogP contribution is 2.32. The van der Waals surface area contributed by atoms with Gasteiger partial charge < -0.3 is 4.74 Å². The first-order valence-electron chi connectivity index (χ1n) is 6.98. The van der Waals surface area contributed by atoms with E-state index in [1.165, 1.54) is 13.2 Å². The first-order chi connectivity index (χ1) is 10.8. The Kier molecular flexibility index (Phi) is 5.11. The molecule has 0 saturated carbocycles. The molecule has 1 aromatic heterocycles. The topological polar surface area (TPSA) is 63.7 Å². The summed E-state index contributed by atoms with van der Waals surface area (Å²) in [5, 5.41) is 1.69. The van der Waals surface area contributed by atoms with Crippen LogP contribution in [0.4, 0.5) is 5.69 Å². The molecule has 0 aliphatic carbocycles. The van der Waals surface area contributed by atoms with Crippen molar-refractivity contribution in [3.63, 3.8) is 0 Å². The van der Waals surface area contributed by atoms with E-state index in [2.05, 4.69) is 4.74 Å². The Hall–Kier alpha value is -1.86. The number of carbonyl (C=O) groups excluding carboxylic acids is 1. The molecule has 1 heterocycles. The van der Waals surface area contributed by atoms with Gasteiger partial charge in [0.2, 0.25) is 0 Å². The van der Waals surface area contributed by atoms with E-state index in [0.717, 1.165) is 32.3 Å². The average Bonchev–Trinajstić information content (AvgIpc) is 2.99. The van der Waals surface area contributed by atoms with Gasteiger partial charge in [-0.05, 0) is 43.3 Å². The highest BCUT2D eigenvalue weighted by atomic mass is 32.2. The number of rotatable bonds is 5. The van der Waals surface area contributed by atoms with Crippen LogP contribution in [0.5, 0.6) is 0 Å². The SMILES string of the molecule is COC(=O)CN(c1c(C)cc(C)cc1C)S(=O)(=O)c1cccs1. The van der Waals surface area contributed by atoms with Crippen molar-refractivity contribution in [1.82, 2.24) is 0 Å². The van der Waals surface area contributed by atoms with Gasteiger partial charge in [-0.1, -0.05) is 23.8 Å². The van der Waals surface area contributed by atoms with E-state index >= 15 is 0 Å². The molecule has 124 valence electrons. The summed E-state index contributed by atoms with van der Waals surface area (Å²) >= 11 is 1.12. The molecule has 0 radical (unpaired) electrons. The smallest absolute Gasteiger partial charge is 0.326 e. The number of methoxy groups -OCH3 is 1. The zero-order chi connectivity index (χ0) is 17.2. The van der Waals surface area contributed by atoms with Crippen molar-refractivity contribution in [3.05, 3.63) is 46.3 Å². The van der Waals surface area contributed by atoms with E-state index in [1.54, 1.807) is 11.4 Å². The van der Waals surface area contributed by atoms with Crippen LogP contribution in [-0.2, 0) is 19.6 Å². The molecule has 2 aromatic rings. The fraction of sp³-hybridized carbons (Fsp3) is 0.312. The highest BCUT2D eigenvalue weighted by Gasteiger charge is 2.30. The number of sulfonamides is 1. The Labute approximate surface area is 140 Å². The molecule has 0 N–H and O–H groups in total. The molecule has 5 nitrogen and oxygen atoms in total. The van der Waals surface area contributed by atoms with Crippen LogP contribution in [0.2, 0.25) is 0 Å². The van der Waals surface area contributed by atoms with Crippen molar-refractivity contribution in [2.24, 2.45) is 0 Å². The Bertz CT molecular complexity index is 788. The summed E-state index contributed by atoms with van der Waals surface area (Å²) in [6.07, 6.45) is 0. The molecule has 1 aromatic carbocycles. The molecule has 0 saturated heterocycles. The lowest BCUT2D eigenvalue weighted by molar-refractivity contribution is -0.138. The lowest BCUT2D eigenvalue weighted by Crippen LogP contribution is -2.37. The van der Waals surface area contributed by atoms with Gasteiger partial charge in [0, 0.05) is 0 Å². The van der Waals surface area contributed by atoms with Gasteiger partial charge in [-0.2, -0.15) is 0 Å². The molecule has 0 bridgehead atoms. The Morgan fingerprint density at radius 2 is 1.83 bits per heavy atom. The molecule has 23 heavy (non-hydrogen) atoms. The predicted octanol–water partition coefficient (Wildman–Crippen LogP) is 3.04. The van der Waals surface area contributed by atoms with Crippen molar-refractivity contribution >= 4 is 33.0 Å². The second-order valence-electron chi connectivity index (χ2n) is 5.27. The van der Waals surface area contributed by atoms with E-state index < -0.39 is 16.0 Å². The molecule has 0 amide bonds. The van der Waals surface area contributed by atoms with Gasteiger partial charge in [0.25, 0.3) is 10.0 Å². The molecular formula is C16H19NO4S2. The molecule has 7 heteroatoms. The second kappa shape index (κ2) is 6.72. The number of hydrogen-bond acceptors (Lipinski definition) is 5. The average molecular weight is 353 g/mol. The first kappa shape index (κ1) is 17.5. The van der Waals surface area contributed by atoms with E-state index in [0.29, 0.717) is 5.69 Å². The molecule has 0 aliphatic heterocycles. The third-order valence-corrected chi connectivity index (χ3v) is 6.54. The van der Waals surface area contributed by atoms with Crippen LogP contribution in [0.3, 0.4) is 0 Å². The summed E-state index contributed by atoms with van der Waals surface area (Å²) in [5.41, 5.74) is 3.16. The number of benzene rings is 1. The number of aryl methyl sites for hydroxylation is 3. The fourth-order valence-electron chi connectivity index (χ4n) is 2.55. The summed E-state index contributed by atoms with van der Waals surface area (Å²) in [7, 11) is -2.58. The van der Waals surface area contributed by atoms with E-state index in [1.807, 2.05) is 32.9 Å². The number of hydrogen-bond donors (Lipinski definition) is 0. The Balaban J connectivity index is 2.63. The quantitative estimate of drug-likeness (QED) is 0.775. The lowest BCUT2D eigenvalue weighted by Gasteiger charge is -2.26. The van der Waals surface area contributed by atoms with Gasteiger partial charge in [0.15, 0.2) is 0 Å². The number of carbonyl (C=O) groups is 1. The van der Waals surface area contributed by atoms with Crippen LogP contribution in [-0.4, -0.2) is 28.0 Å². The minimum absolute atomic E-state index is 0.195. The van der Waals surface area contributed by atoms with Crippen molar-refractivity contribution in [2.75, 3.05) is 18.0 Å². The summed E-state index contributed by atoms with van der Waals surface area (Å²) in [5.74, 6) is -0.607. The van der Waals surface area contributed by atoms with E-state index in [-0.39, 0.29) is 10.8 Å². The van der Waals surface area contributed by atoms with E-state index in [4.69, 9.17) is 0 Å². The van der Waals surface area contributed by atoms with Crippen LogP contribution in [0.25, 0.3) is 0 Å². The van der Waals surface area contributed by atoms with Crippen molar-refractivity contribution in [2.45, 2.75) is 25.0 Å². The monoisotopic (exact) mass is 353 g/mol. The standard InChI is InChI=1S/C16H19NO4S2/c1-11-8-12(2)16(13(3)9-11)17(10-14(18)21-4)23(19,20)15-6-5-7-22-15/h5-9H,10H2,1-4H3. The maximum Gasteiger partial charge on any atom is 0.326 e. The zero-order valence-electron chi connectivity index (χ0n) is 13.5. The molecular weight excluding hydrogens is 334 g/mol. The molecule has 0 aliphatic rings. The summed E-state index contributed by atoms with van der Waals surface area (Å²) in [4.78, 5) is 11.8. The van der Waals surface area contributed by atoms with Gasteiger partial charge in [0.1, 0.15) is 10.8 Å². The number of anilines is 1. The number of ether oxygens (including phenoxy) is 1. The van der Waals surface area contributed by atoms with Gasteiger partial charge in [-0.25, -0.2) is 8.42 Å². The minimum atomic E-state index is -3.82. The van der Waals surface area contributed by atoms with E-state index in [9.17, 15) is 13.2 Å². The van der Waals surface area contributed by atoms with Gasteiger partial charge in [-0.3, -0.25) is 9.10 Å². The number of nitrogens with zero attached hydrogens (tertiary/aromatic N) is 1. The molecule has 2 rings (SSSR count). The maximum absolute atomic E-state index is 13.0. The Morgan fingerprint density at radius 3 is 2.30 bits per heavy atom. The largest absolute Gasteiger partial charge is 0.468 e. The molecule has 0 spiro atoms. The maximum atomic E-state index is 13.0. The van der Waals surface area contributed by atoms with Crippen molar-refractivity contribution in [3.8, 4) is 0 Å². The van der Waals surface area contributed by atoms with Crippen LogP contribution >= 0.6 is 11.3 Å². The number of esters is 1. The second-order valence-corrected chi connectivity index (χ2v) is 8.30. The number of thiophene rings is 1. The van der Waals surface area contributed by atoms with Gasteiger partial charge in [0.05, 0.1) is 12.8 Å². The highest BCUT2D eigenvalue weighted by molar-refractivity contribution is 7.94. The minimum Gasteiger partial charge on any atom is -0.468 e.